The normalized spacial score (nSPS) is 13.3. The highest BCUT2D eigenvalue weighted by Crippen LogP contribution is 2.18. The number of hydrogen-bond donors (Lipinski definition) is 1. The van der Waals surface area contributed by atoms with Crippen molar-refractivity contribution >= 4 is 23.2 Å². The average molecular weight is 369 g/mol. The van der Waals surface area contributed by atoms with Crippen molar-refractivity contribution < 1.29 is 19.2 Å². The summed E-state index contributed by atoms with van der Waals surface area (Å²) in [7, 11) is 0. The minimum Gasteiger partial charge on any atom is -0.484 e. The van der Waals surface area contributed by atoms with E-state index in [1.165, 1.54) is 24.3 Å². The number of nitrogens with zero attached hydrogens (tertiary/aromatic N) is 2. The number of hydrogen-bond acceptors (Lipinski definition) is 5. The van der Waals surface area contributed by atoms with Crippen molar-refractivity contribution in [1.29, 1.82) is 0 Å². The molecule has 0 saturated carbocycles. The highest BCUT2D eigenvalue weighted by Gasteiger charge is 2.19. The Bertz CT molecular complexity index is 827. The maximum Gasteiger partial charge on any atom is 0.269 e. The van der Waals surface area contributed by atoms with Gasteiger partial charge in [-0.2, -0.15) is 0 Å². The molecule has 27 heavy (non-hydrogen) atoms. The number of carbonyl (C=O) groups is 2. The van der Waals surface area contributed by atoms with Crippen LogP contribution in [0.4, 0.5) is 11.4 Å². The fourth-order valence-corrected chi connectivity index (χ4v) is 2.81. The van der Waals surface area contributed by atoms with Gasteiger partial charge in [-0.3, -0.25) is 19.7 Å². The number of benzene rings is 2. The van der Waals surface area contributed by atoms with Crippen LogP contribution < -0.4 is 10.1 Å². The second-order valence-electron chi connectivity index (χ2n) is 6.16. The van der Waals surface area contributed by atoms with Crippen LogP contribution in [0.1, 0.15) is 23.2 Å². The molecule has 3 rings (SSSR count). The average Bonchev–Trinajstić information content (AvgIpc) is 3.21. The first kappa shape index (κ1) is 18.4. The number of nitro groups is 1. The second kappa shape index (κ2) is 8.31. The summed E-state index contributed by atoms with van der Waals surface area (Å²) in [6.07, 6.45) is 2.07. The van der Waals surface area contributed by atoms with Crippen molar-refractivity contribution in [2.75, 3.05) is 25.0 Å². The molecule has 8 nitrogen and oxygen atoms in total. The third kappa shape index (κ3) is 4.81. The van der Waals surface area contributed by atoms with Gasteiger partial charge in [-0.25, -0.2) is 0 Å². The summed E-state index contributed by atoms with van der Waals surface area (Å²) >= 11 is 0. The molecule has 1 N–H and O–H groups in total. The first-order chi connectivity index (χ1) is 13.0. The molecule has 1 aliphatic heterocycles. The second-order valence-corrected chi connectivity index (χ2v) is 6.16. The number of ether oxygens (including phenoxy) is 1. The van der Waals surface area contributed by atoms with E-state index >= 15 is 0 Å². The highest BCUT2D eigenvalue weighted by molar-refractivity contribution is 5.96. The van der Waals surface area contributed by atoms with Gasteiger partial charge in [-0.15, -0.1) is 0 Å². The number of likely N-dealkylation sites (tertiary alicyclic amines) is 1. The van der Waals surface area contributed by atoms with E-state index in [2.05, 4.69) is 5.32 Å². The maximum atomic E-state index is 12.3. The third-order valence-electron chi connectivity index (χ3n) is 4.23. The summed E-state index contributed by atoms with van der Waals surface area (Å²) in [5.74, 6) is 0.00107. The van der Waals surface area contributed by atoms with Gasteiger partial charge in [-0.05, 0) is 49.2 Å². The summed E-state index contributed by atoms with van der Waals surface area (Å²) < 4.78 is 5.31. The quantitative estimate of drug-likeness (QED) is 0.623. The zero-order valence-corrected chi connectivity index (χ0v) is 14.6. The molecule has 8 heteroatoms. The molecule has 2 aromatic carbocycles. The molecule has 0 spiro atoms. The lowest BCUT2D eigenvalue weighted by Crippen LogP contribution is -2.27. The highest BCUT2D eigenvalue weighted by atomic mass is 16.6. The van der Waals surface area contributed by atoms with Crippen molar-refractivity contribution in [3.63, 3.8) is 0 Å². The number of rotatable bonds is 6. The van der Waals surface area contributed by atoms with Gasteiger partial charge in [0.15, 0.2) is 6.61 Å². The molecule has 0 bridgehead atoms. The van der Waals surface area contributed by atoms with Crippen LogP contribution in [0.25, 0.3) is 0 Å². The Morgan fingerprint density at radius 3 is 2.26 bits per heavy atom. The van der Waals surface area contributed by atoms with E-state index in [1.54, 1.807) is 24.3 Å². The zero-order valence-electron chi connectivity index (χ0n) is 14.6. The topological polar surface area (TPSA) is 102 Å². The lowest BCUT2D eigenvalue weighted by molar-refractivity contribution is -0.384. The molecule has 1 heterocycles. The Morgan fingerprint density at radius 1 is 1.04 bits per heavy atom. The lowest BCUT2D eigenvalue weighted by atomic mass is 10.2. The molecular weight excluding hydrogens is 350 g/mol. The van der Waals surface area contributed by atoms with Gasteiger partial charge in [0.05, 0.1) is 4.92 Å². The number of anilines is 1. The summed E-state index contributed by atoms with van der Waals surface area (Å²) in [5.41, 5.74) is 1.11. The molecular formula is C19H19N3O5. The molecule has 2 aromatic rings. The predicted molar refractivity (Wildman–Crippen MR) is 98.8 cm³/mol. The van der Waals surface area contributed by atoms with Crippen molar-refractivity contribution in [2.24, 2.45) is 0 Å². The van der Waals surface area contributed by atoms with Crippen molar-refractivity contribution in [3.8, 4) is 5.75 Å². The van der Waals surface area contributed by atoms with E-state index in [4.69, 9.17) is 4.74 Å². The zero-order chi connectivity index (χ0) is 19.2. The van der Waals surface area contributed by atoms with Gasteiger partial charge in [0.25, 0.3) is 17.5 Å². The Labute approximate surface area is 155 Å². The van der Waals surface area contributed by atoms with Crippen LogP contribution in [0.2, 0.25) is 0 Å². The minimum atomic E-state index is -0.505. The van der Waals surface area contributed by atoms with Crippen LogP contribution in [-0.4, -0.2) is 41.3 Å². The maximum absolute atomic E-state index is 12.3. The lowest BCUT2D eigenvalue weighted by Gasteiger charge is -2.15. The van der Waals surface area contributed by atoms with Crippen LogP contribution >= 0.6 is 0 Å². The predicted octanol–water partition coefficient (Wildman–Crippen LogP) is 2.85. The number of nitro benzene ring substituents is 1. The van der Waals surface area contributed by atoms with E-state index in [0.717, 1.165) is 25.9 Å². The van der Waals surface area contributed by atoms with Gasteiger partial charge >= 0.3 is 0 Å². The molecule has 2 amide bonds. The SMILES string of the molecule is O=C(COc1ccc([N+](=O)[O-])cc1)Nc1ccc(C(=O)N2CCCC2)cc1. The van der Waals surface area contributed by atoms with Crippen molar-refractivity contribution in [3.05, 3.63) is 64.2 Å². The van der Waals surface area contributed by atoms with Crippen molar-refractivity contribution in [2.45, 2.75) is 12.8 Å². The molecule has 0 radical (unpaired) electrons. The Balaban J connectivity index is 1.50. The first-order valence-corrected chi connectivity index (χ1v) is 8.59. The number of amides is 2. The largest absolute Gasteiger partial charge is 0.484 e. The van der Waals surface area contributed by atoms with Gasteiger partial charge in [0.1, 0.15) is 5.75 Å². The summed E-state index contributed by atoms with van der Waals surface area (Å²) in [6.45, 7) is 1.35. The van der Waals surface area contributed by atoms with E-state index in [-0.39, 0.29) is 24.1 Å². The van der Waals surface area contributed by atoms with Crippen LogP contribution in [0.3, 0.4) is 0 Å². The molecule has 0 atom stereocenters. The van der Waals surface area contributed by atoms with Gasteiger partial charge in [-0.1, -0.05) is 0 Å². The summed E-state index contributed by atoms with van der Waals surface area (Å²) in [5, 5.41) is 13.3. The third-order valence-corrected chi connectivity index (χ3v) is 4.23. The Morgan fingerprint density at radius 2 is 1.67 bits per heavy atom. The van der Waals surface area contributed by atoms with Gasteiger partial charge in [0, 0.05) is 36.5 Å². The smallest absolute Gasteiger partial charge is 0.269 e. The van der Waals surface area contributed by atoms with E-state index in [9.17, 15) is 19.7 Å². The molecule has 1 fully saturated rings. The van der Waals surface area contributed by atoms with Gasteiger partial charge in [0.2, 0.25) is 0 Å². The van der Waals surface area contributed by atoms with E-state index < -0.39 is 4.92 Å². The molecule has 0 aliphatic carbocycles. The summed E-state index contributed by atoms with van der Waals surface area (Å²) in [6, 6.07) is 12.2. The molecule has 0 aromatic heterocycles. The van der Waals surface area contributed by atoms with E-state index in [1.807, 2.05) is 4.90 Å². The fraction of sp³-hybridized carbons (Fsp3) is 0.263. The van der Waals surface area contributed by atoms with Crippen LogP contribution in [0.5, 0.6) is 5.75 Å². The first-order valence-electron chi connectivity index (χ1n) is 8.59. The monoisotopic (exact) mass is 369 g/mol. The number of carbonyl (C=O) groups excluding carboxylic acids is 2. The standard InChI is InChI=1S/C19H19N3O5/c23-18(13-27-17-9-7-16(8-10-17)22(25)26)20-15-5-3-14(4-6-15)19(24)21-11-1-2-12-21/h3-10H,1-2,11-13H2,(H,20,23). The molecule has 1 aliphatic rings. The Hall–Kier alpha value is -3.42. The van der Waals surface area contributed by atoms with Crippen LogP contribution in [0.15, 0.2) is 48.5 Å². The Kier molecular flexibility index (Phi) is 5.65. The summed E-state index contributed by atoms with van der Waals surface area (Å²) in [4.78, 5) is 36.2. The van der Waals surface area contributed by atoms with E-state index in [0.29, 0.717) is 17.0 Å². The van der Waals surface area contributed by atoms with Crippen LogP contribution in [0, 0.1) is 10.1 Å². The number of nitrogens with one attached hydrogen (secondary N) is 1. The van der Waals surface area contributed by atoms with Crippen molar-refractivity contribution in [1.82, 2.24) is 4.90 Å². The van der Waals surface area contributed by atoms with Crippen LogP contribution in [-0.2, 0) is 4.79 Å². The minimum absolute atomic E-state index is 0.00637. The fourth-order valence-electron chi connectivity index (χ4n) is 2.81. The molecule has 140 valence electrons. The van der Waals surface area contributed by atoms with Gasteiger partial charge < -0.3 is 15.0 Å². The number of non-ortho nitro benzene ring substituents is 1. The molecule has 1 saturated heterocycles. The molecule has 0 unspecified atom stereocenters.